The molecule has 0 atom stereocenters. The average Bonchev–Trinajstić information content (AvgIpc) is 2.52. The summed E-state index contributed by atoms with van der Waals surface area (Å²) < 4.78 is 23.7. The highest BCUT2D eigenvalue weighted by Crippen LogP contribution is 2.31. The number of fused-ring (bicyclic) bond motifs is 1. The summed E-state index contributed by atoms with van der Waals surface area (Å²) in [6, 6.07) is 21.7. The standard InChI is InChI=1S/C18H16O2S2/c1-22(19,20)18-12-5-4-11-17(18)21-13-15-9-6-8-14-7-2-3-10-16(14)15/h2-12H,13H2,1H3. The number of hydrogen-bond acceptors (Lipinski definition) is 3. The van der Waals surface area contributed by atoms with Crippen LogP contribution >= 0.6 is 11.8 Å². The van der Waals surface area contributed by atoms with Gasteiger partial charge in [0, 0.05) is 16.9 Å². The van der Waals surface area contributed by atoms with Gasteiger partial charge < -0.3 is 0 Å². The topological polar surface area (TPSA) is 34.1 Å². The molecule has 0 aliphatic rings. The van der Waals surface area contributed by atoms with Crippen molar-refractivity contribution < 1.29 is 8.42 Å². The Morgan fingerprint density at radius 1 is 0.864 bits per heavy atom. The zero-order valence-electron chi connectivity index (χ0n) is 12.2. The Morgan fingerprint density at radius 3 is 2.36 bits per heavy atom. The first-order valence-electron chi connectivity index (χ1n) is 6.94. The van der Waals surface area contributed by atoms with Gasteiger partial charge in [-0.3, -0.25) is 0 Å². The van der Waals surface area contributed by atoms with E-state index in [9.17, 15) is 8.42 Å². The molecular weight excluding hydrogens is 312 g/mol. The molecule has 0 heterocycles. The largest absolute Gasteiger partial charge is 0.224 e. The summed E-state index contributed by atoms with van der Waals surface area (Å²) in [5.74, 6) is 0.744. The van der Waals surface area contributed by atoms with Gasteiger partial charge in [-0.2, -0.15) is 0 Å². The molecule has 0 amide bonds. The Labute approximate surface area is 135 Å². The highest BCUT2D eigenvalue weighted by Gasteiger charge is 2.13. The SMILES string of the molecule is CS(=O)(=O)c1ccccc1SCc1cccc2ccccc12. The van der Waals surface area contributed by atoms with E-state index < -0.39 is 9.84 Å². The van der Waals surface area contributed by atoms with Crippen LogP contribution in [0.2, 0.25) is 0 Å². The molecule has 3 aromatic rings. The monoisotopic (exact) mass is 328 g/mol. The molecule has 112 valence electrons. The lowest BCUT2D eigenvalue weighted by molar-refractivity contribution is 0.600. The fourth-order valence-electron chi connectivity index (χ4n) is 2.45. The third-order valence-corrected chi connectivity index (χ3v) is 5.92. The molecule has 2 nitrogen and oxygen atoms in total. The van der Waals surface area contributed by atoms with Crippen LogP contribution in [-0.2, 0) is 15.6 Å². The van der Waals surface area contributed by atoms with Crippen molar-refractivity contribution in [2.24, 2.45) is 0 Å². The highest BCUT2D eigenvalue weighted by molar-refractivity contribution is 7.99. The van der Waals surface area contributed by atoms with Gasteiger partial charge in [-0.25, -0.2) is 8.42 Å². The molecule has 0 saturated heterocycles. The molecule has 3 rings (SSSR count). The van der Waals surface area contributed by atoms with Gasteiger partial charge in [0.1, 0.15) is 0 Å². The Hall–Kier alpha value is -1.78. The Kier molecular flexibility index (Phi) is 4.23. The summed E-state index contributed by atoms with van der Waals surface area (Å²) in [6.45, 7) is 0. The minimum absolute atomic E-state index is 0.403. The summed E-state index contributed by atoms with van der Waals surface area (Å²) in [4.78, 5) is 1.21. The summed E-state index contributed by atoms with van der Waals surface area (Å²) in [5, 5.41) is 2.42. The molecule has 0 aromatic heterocycles. The van der Waals surface area contributed by atoms with Crippen molar-refractivity contribution in [1.82, 2.24) is 0 Å². The molecule has 0 spiro atoms. The van der Waals surface area contributed by atoms with Crippen molar-refractivity contribution in [1.29, 1.82) is 0 Å². The summed E-state index contributed by atoms with van der Waals surface area (Å²) in [6.07, 6.45) is 1.25. The second-order valence-corrected chi connectivity index (χ2v) is 8.15. The Balaban J connectivity index is 1.93. The van der Waals surface area contributed by atoms with Gasteiger partial charge in [0.05, 0.1) is 4.90 Å². The molecule has 0 aliphatic carbocycles. The molecule has 0 N–H and O–H groups in total. The first-order chi connectivity index (χ1) is 10.6. The van der Waals surface area contributed by atoms with Crippen molar-refractivity contribution in [3.8, 4) is 0 Å². The highest BCUT2D eigenvalue weighted by atomic mass is 32.2. The zero-order valence-corrected chi connectivity index (χ0v) is 13.8. The number of thioether (sulfide) groups is 1. The lowest BCUT2D eigenvalue weighted by Gasteiger charge is -2.09. The van der Waals surface area contributed by atoms with Gasteiger partial charge in [0.25, 0.3) is 0 Å². The van der Waals surface area contributed by atoms with E-state index in [1.807, 2.05) is 30.3 Å². The third-order valence-electron chi connectivity index (χ3n) is 3.51. The van der Waals surface area contributed by atoms with E-state index in [2.05, 4.69) is 24.3 Å². The molecule has 0 unspecified atom stereocenters. The normalized spacial score (nSPS) is 11.7. The van der Waals surface area contributed by atoms with Crippen molar-refractivity contribution in [2.75, 3.05) is 6.26 Å². The van der Waals surface area contributed by atoms with Crippen molar-refractivity contribution >= 4 is 32.4 Å². The van der Waals surface area contributed by atoms with Crippen LogP contribution in [0, 0.1) is 0 Å². The molecule has 0 radical (unpaired) electrons. The zero-order chi connectivity index (χ0) is 15.6. The van der Waals surface area contributed by atoms with E-state index in [1.165, 1.54) is 22.6 Å². The summed E-state index contributed by atoms with van der Waals surface area (Å²) in [5.41, 5.74) is 1.21. The first-order valence-corrected chi connectivity index (χ1v) is 9.82. The van der Waals surface area contributed by atoms with Gasteiger partial charge in [0.15, 0.2) is 9.84 Å². The fourth-order valence-corrected chi connectivity index (χ4v) is 4.79. The van der Waals surface area contributed by atoms with Crippen LogP contribution in [0.1, 0.15) is 5.56 Å². The van der Waals surface area contributed by atoms with Crippen molar-refractivity contribution in [2.45, 2.75) is 15.5 Å². The van der Waals surface area contributed by atoms with E-state index in [1.54, 1.807) is 23.9 Å². The minimum atomic E-state index is -3.20. The minimum Gasteiger partial charge on any atom is -0.224 e. The number of hydrogen-bond donors (Lipinski definition) is 0. The Bertz CT molecular complexity index is 910. The molecule has 0 bridgehead atoms. The molecule has 0 saturated carbocycles. The van der Waals surface area contributed by atoms with E-state index in [0.29, 0.717) is 4.90 Å². The van der Waals surface area contributed by atoms with Crippen molar-refractivity contribution in [3.05, 3.63) is 72.3 Å². The molecular formula is C18H16O2S2. The van der Waals surface area contributed by atoms with Gasteiger partial charge in [-0.05, 0) is 28.5 Å². The van der Waals surface area contributed by atoms with Crippen LogP contribution in [-0.4, -0.2) is 14.7 Å². The second kappa shape index (κ2) is 6.15. The summed E-state index contributed by atoms with van der Waals surface area (Å²) in [7, 11) is -3.20. The van der Waals surface area contributed by atoms with Crippen molar-refractivity contribution in [3.63, 3.8) is 0 Å². The van der Waals surface area contributed by atoms with Crippen LogP contribution < -0.4 is 0 Å². The quantitative estimate of drug-likeness (QED) is 0.660. The van der Waals surface area contributed by atoms with E-state index in [4.69, 9.17) is 0 Å². The van der Waals surface area contributed by atoms with Crippen LogP contribution in [0.5, 0.6) is 0 Å². The lowest BCUT2D eigenvalue weighted by atomic mass is 10.1. The molecule has 0 fully saturated rings. The van der Waals surface area contributed by atoms with E-state index >= 15 is 0 Å². The smallest absolute Gasteiger partial charge is 0.176 e. The maximum atomic E-state index is 11.9. The third kappa shape index (κ3) is 3.18. The molecule has 0 aliphatic heterocycles. The predicted octanol–water partition coefficient (Wildman–Crippen LogP) is 4.54. The van der Waals surface area contributed by atoms with Crippen LogP contribution in [0.3, 0.4) is 0 Å². The maximum Gasteiger partial charge on any atom is 0.176 e. The van der Waals surface area contributed by atoms with Crippen LogP contribution in [0.4, 0.5) is 0 Å². The van der Waals surface area contributed by atoms with E-state index in [-0.39, 0.29) is 0 Å². The second-order valence-electron chi connectivity index (χ2n) is 5.15. The average molecular weight is 328 g/mol. The lowest BCUT2D eigenvalue weighted by Crippen LogP contribution is -1.99. The van der Waals surface area contributed by atoms with Gasteiger partial charge in [-0.15, -0.1) is 11.8 Å². The first kappa shape index (κ1) is 15.1. The number of sulfone groups is 1. The van der Waals surface area contributed by atoms with Crippen LogP contribution in [0.25, 0.3) is 10.8 Å². The van der Waals surface area contributed by atoms with Gasteiger partial charge >= 0.3 is 0 Å². The fraction of sp³-hybridized carbons (Fsp3) is 0.111. The number of benzene rings is 3. The molecule has 4 heteroatoms. The number of rotatable bonds is 4. The van der Waals surface area contributed by atoms with E-state index in [0.717, 1.165) is 10.6 Å². The van der Waals surface area contributed by atoms with Gasteiger partial charge in [0.2, 0.25) is 0 Å². The molecule has 3 aromatic carbocycles. The summed E-state index contributed by atoms with van der Waals surface area (Å²) >= 11 is 1.56. The van der Waals surface area contributed by atoms with Crippen LogP contribution in [0.15, 0.2) is 76.5 Å². The Morgan fingerprint density at radius 2 is 1.55 bits per heavy atom. The predicted molar refractivity (Wildman–Crippen MR) is 93.1 cm³/mol. The molecule has 22 heavy (non-hydrogen) atoms. The van der Waals surface area contributed by atoms with Gasteiger partial charge in [-0.1, -0.05) is 54.6 Å². The maximum absolute atomic E-state index is 11.9.